The molecule has 114 valence electrons. The number of rotatable bonds is 5. The lowest BCUT2D eigenvalue weighted by atomic mass is 9.90. The van der Waals surface area contributed by atoms with Gasteiger partial charge in [0.1, 0.15) is 6.61 Å². The molecular formula is C16H21NO4. The summed E-state index contributed by atoms with van der Waals surface area (Å²) in [7, 11) is 0. The molecule has 0 saturated carbocycles. The van der Waals surface area contributed by atoms with E-state index in [4.69, 9.17) is 9.84 Å². The highest BCUT2D eigenvalue weighted by atomic mass is 16.5. The van der Waals surface area contributed by atoms with E-state index in [1.54, 1.807) is 12.1 Å². The van der Waals surface area contributed by atoms with Crippen molar-refractivity contribution >= 4 is 11.9 Å². The zero-order valence-electron chi connectivity index (χ0n) is 12.2. The van der Waals surface area contributed by atoms with Gasteiger partial charge >= 0.3 is 5.97 Å². The number of hydrogen-bond acceptors (Lipinski definition) is 3. The highest BCUT2D eigenvalue weighted by molar-refractivity contribution is 5.87. The Morgan fingerprint density at radius 2 is 2.05 bits per heavy atom. The lowest BCUT2D eigenvalue weighted by molar-refractivity contribution is -0.137. The van der Waals surface area contributed by atoms with Crippen molar-refractivity contribution in [3.05, 3.63) is 35.4 Å². The van der Waals surface area contributed by atoms with Crippen LogP contribution in [0.4, 0.5) is 0 Å². The lowest BCUT2D eigenvalue weighted by Crippen LogP contribution is -2.41. The van der Waals surface area contributed by atoms with E-state index in [1.165, 1.54) is 0 Å². The molecule has 1 aromatic rings. The topological polar surface area (TPSA) is 66.8 Å². The van der Waals surface area contributed by atoms with Gasteiger partial charge in [-0.2, -0.15) is 0 Å². The molecule has 1 unspecified atom stereocenters. The van der Waals surface area contributed by atoms with Crippen molar-refractivity contribution in [1.29, 1.82) is 0 Å². The van der Waals surface area contributed by atoms with Crippen LogP contribution in [0.15, 0.2) is 24.3 Å². The van der Waals surface area contributed by atoms with E-state index in [0.29, 0.717) is 18.7 Å². The Hall–Kier alpha value is -1.88. The van der Waals surface area contributed by atoms with Gasteiger partial charge in [0.25, 0.3) is 0 Å². The second-order valence-corrected chi connectivity index (χ2v) is 5.24. The summed E-state index contributed by atoms with van der Waals surface area (Å²) in [5, 5.41) is 8.92. The van der Waals surface area contributed by atoms with Crippen LogP contribution in [0.25, 0.3) is 0 Å². The summed E-state index contributed by atoms with van der Waals surface area (Å²) in [5.74, 6) is -0.616. The minimum absolute atomic E-state index is 0.0312. The summed E-state index contributed by atoms with van der Waals surface area (Å²) < 4.78 is 5.18. The molecule has 0 aromatic heterocycles. The van der Waals surface area contributed by atoms with Crippen molar-refractivity contribution in [1.82, 2.24) is 4.90 Å². The molecule has 21 heavy (non-hydrogen) atoms. The fraction of sp³-hybridized carbons (Fsp3) is 0.500. The van der Waals surface area contributed by atoms with Crippen molar-refractivity contribution in [3.8, 4) is 0 Å². The number of carbonyl (C=O) groups excluding carboxylic acids is 1. The van der Waals surface area contributed by atoms with E-state index >= 15 is 0 Å². The standard InChI is InChI=1S/C16H21NO4/c1-2-21-11-15(18)17-9-3-4-14(10-17)12-5-7-13(8-6-12)16(19)20/h5-8,14H,2-4,9-11H2,1H3,(H,19,20). The number of carboxylic acids is 1. The van der Waals surface area contributed by atoms with Gasteiger partial charge in [0.05, 0.1) is 5.56 Å². The third kappa shape index (κ3) is 4.04. The van der Waals surface area contributed by atoms with Crippen molar-refractivity contribution in [2.45, 2.75) is 25.7 Å². The van der Waals surface area contributed by atoms with Gasteiger partial charge in [-0.3, -0.25) is 4.79 Å². The first-order valence-electron chi connectivity index (χ1n) is 7.30. The number of ether oxygens (including phenoxy) is 1. The Kier molecular flexibility index (Phi) is 5.33. The number of carbonyl (C=O) groups is 2. The molecule has 1 saturated heterocycles. The Labute approximate surface area is 124 Å². The Bertz CT molecular complexity index is 498. The van der Waals surface area contributed by atoms with Crippen molar-refractivity contribution in [2.24, 2.45) is 0 Å². The van der Waals surface area contributed by atoms with Gasteiger partial charge < -0.3 is 14.7 Å². The van der Waals surface area contributed by atoms with Crippen LogP contribution in [0.5, 0.6) is 0 Å². The third-order valence-electron chi connectivity index (χ3n) is 3.83. The van der Waals surface area contributed by atoms with Gasteiger partial charge in [0.15, 0.2) is 0 Å². The van der Waals surface area contributed by atoms with Gasteiger partial charge in [-0.1, -0.05) is 12.1 Å². The molecule has 1 N–H and O–H groups in total. The van der Waals surface area contributed by atoms with Crippen molar-refractivity contribution in [3.63, 3.8) is 0 Å². The van der Waals surface area contributed by atoms with Crippen LogP contribution in [-0.4, -0.2) is 48.2 Å². The van der Waals surface area contributed by atoms with E-state index in [0.717, 1.165) is 24.9 Å². The summed E-state index contributed by atoms with van der Waals surface area (Å²) in [5.41, 5.74) is 1.38. The maximum absolute atomic E-state index is 12.0. The first-order chi connectivity index (χ1) is 10.1. The van der Waals surface area contributed by atoms with E-state index < -0.39 is 5.97 Å². The normalized spacial score (nSPS) is 18.5. The van der Waals surface area contributed by atoms with Crippen LogP contribution < -0.4 is 0 Å². The predicted molar refractivity (Wildman–Crippen MR) is 78.4 cm³/mol. The molecule has 1 heterocycles. The summed E-state index contributed by atoms with van der Waals surface area (Å²) in [4.78, 5) is 24.7. The minimum Gasteiger partial charge on any atom is -0.478 e. The average molecular weight is 291 g/mol. The van der Waals surface area contributed by atoms with Gasteiger partial charge in [0, 0.05) is 25.6 Å². The second-order valence-electron chi connectivity index (χ2n) is 5.24. The Morgan fingerprint density at radius 3 is 2.67 bits per heavy atom. The first kappa shape index (κ1) is 15.5. The fourth-order valence-corrected chi connectivity index (χ4v) is 2.65. The SMILES string of the molecule is CCOCC(=O)N1CCCC(c2ccc(C(=O)O)cc2)C1. The Morgan fingerprint density at radius 1 is 1.33 bits per heavy atom. The van der Waals surface area contributed by atoms with E-state index in [1.807, 2.05) is 24.0 Å². The molecule has 5 heteroatoms. The molecule has 1 aliphatic heterocycles. The van der Waals surface area contributed by atoms with E-state index in [9.17, 15) is 9.59 Å². The number of benzene rings is 1. The summed E-state index contributed by atoms with van der Waals surface area (Å²) in [6.07, 6.45) is 1.98. The van der Waals surface area contributed by atoms with Crippen LogP contribution in [0.2, 0.25) is 0 Å². The summed E-state index contributed by atoms with van der Waals surface area (Å²) >= 11 is 0. The minimum atomic E-state index is -0.918. The number of carboxylic acid groups (broad SMARTS) is 1. The van der Waals surface area contributed by atoms with Crippen LogP contribution in [0, 0.1) is 0 Å². The smallest absolute Gasteiger partial charge is 0.335 e. The van der Waals surface area contributed by atoms with E-state index in [2.05, 4.69) is 0 Å². The zero-order valence-corrected chi connectivity index (χ0v) is 12.2. The Balaban J connectivity index is 2.00. The summed E-state index contributed by atoms with van der Waals surface area (Å²) in [6, 6.07) is 6.95. The molecule has 1 fully saturated rings. The van der Waals surface area contributed by atoms with E-state index in [-0.39, 0.29) is 18.4 Å². The zero-order chi connectivity index (χ0) is 15.2. The quantitative estimate of drug-likeness (QED) is 0.902. The molecule has 0 spiro atoms. The number of piperidine rings is 1. The second kappa shape index (κ2) is 7.22. The van der Waals surface area contributed by atoms with Gasteiger partial charge in [-0.15, -0.1) is 0 Å². The molecule has 1 amide bonds. The fourth-order valence-electron chi connectivity index (χ4n) is 2.65. The molecule has 0 aliphatic carbocycles. The number of nitrogens with zero attached hydrogens (tertiary/aromatic N) is 1. The predicted octanol–water partition coefficient (Wildman–Crippen LogP) is 2.13. The van der Waals surface area contributed by atoms with Crippen LogP contribution in [0.1, 0.15) is 41.6 Å². The monoisotopic (exact) mass is 291 g/mol. The highest BCUT2D eigenvalue weighted by Gasteiger charge is 2.24. The summed E-state index contributed by atoms with van der Waals surface area (Å²) in [6.45, 7) is 4.01. The number of hydrogen-bond donors (Lipinski definition) is 1. The van der Waals surface area contributed by atoms with Crippen LogP contribution >= 0.6 is 0 Å². The highest BCUT2D eigenvalue weighted by Crippen LogP contribution is 2.27. The maximum atomic E-state index is 12.0. The molecule has 1 aliphatic rings. The van der Waals surface area contributed by atoms with Crippen molar-refractivity contribution < 1.29 is 19.4 Å². The number of likely N-dealkylation sites (tertiary alicyclic amines) is 1. The molecule has 2 rings (SSSR count). The molecule has 0 radical (unpaired) electrons. The number of aromatic carboxylic acids is 1. The maximum Gasteiger partial charge on any atom is 0.335 e. The van der Waals surface area contributed by atoms with Gasteiger partial charge in [-0.25, -0.2) is 4.79 Å². The molecular weight excluding hydrogens is 270 g/mol. The third-order valence-corrected chi connectivity index (χ3v) is 3.83. The van der Waals surface area contributed by atoms with Crippen LogP contribution in [0.3, 0.4) is 0 Å². The lowest BCUT2D eigenvalue weighted by Gasteiger charge is -2.33. The molecule has 5 nitrogen and oxygen atoms in total. The largest absolute Gasteiger partial charge is 0.478 e. The number of amides is 1. The van der Waals surface area contributed by atoms with Crippen molar-refractivity contribution in [2.75, 3.05) is 26.3 Å². The average Bonchev–Trinajstić information content (AvgIpc) is 2.52. The first-order valence-corrected chi connectivity index (χ1v) is 7.30. The van der Waals surface area contributed by atoms with Gasteiger partial charge in [-0.05, 0) is 37.5 Å². The molecule has 1 atom stereocenters. The van der Waals surface area contributed by atoms with Gasteiger partial charge in [0.2, 0.25) is 5.91 Å². The van der Waals surface area contributed by atoms with Crippen LogP contribution in [-0.2, 0) is 9.53 Å². The molecule has 1 aromatic carbocycles. The molecule has 0 bridgehead atoms.